The van der Waals surface area contributed by atoms with Crippen molar-refractivity contribution in [2.75, 3.05) is 0 Å². The second kappa shape index (κ2) is 8.29. The van der Waals surface area contributed by atoms with Crippen LogP contribution in [0.4, 0.5) is 0 Å². The molecule has 0 fully saturated rings. The summed E-state index contributed by atoms with van der Waals surface area (Å²) >= 11 is 0. The van der Waals surface area contributed by atoms with Crippen LogP contribution < -0.4 is 0 Å². The molecule has 5 rings (SSSR count). The molecule has 4 heteroatoms. The van der Waals surface area contributed by atoms with E-state index in [1.165, 1.54) is 0 Å². The minimum Gasteiger partial charge on any atom is -0.345 e. The summed E-state index contributed by atoms with van der Waals surface area (Å²) in [6.45, 7) is 0. The zero-order chi connectivity index (χ0) is 16.5. The van der Waals surface area contributed by atoms with Crippen molar-refractivity contribution in [3.05, 3.63) is 97.6 Å². The average molecular weight is 314 g/mol. The van der Waals surface area contributed by atoms with Crippen molar-refractivity contribution >= 4 is 22.1 Å². The van der Waals surface area contributed by atoms with Gasteiger partial charge in [0.15, 0.2) is 0 Å². The average Bonchev–Trinajstić information content (AvgIpc) is 3.33. The van der Waals surface area contributed by atoms with Crippen LogP contribution in [0.15, 0.2) is 97.6 Å². The highest BCUT2D eigenvalue weighted by Crippen LogP contribution is 2.06. The summed E-state index contributed by atoms with van der Waals surface area (Å²) in [4.78, 5) is 14.1. The third-order valence-corrected chi connectivity index (χ3v) is 3.32. The van der Waals surface area contributed by atoms with Gasteiger partial charge in [-0.25, -0.2) is 9.97 Å². The molecule has 0 saturated carbocycles. The van der Waals surface area contributed by atoms with Crippen molar-refractivity contribution in [3.63, 3.8) is 0 Å². The number of hydrogen-bond donors (Lipinski definition) is 2. The minimum atomic E-state index is 1.03. The fraction of sp³-hybridized carbons (Fsp3) is 0. The highest BCUT2D eigenvalue weighted by molar-refractivity contribution is 5.74. The van der Waals surface area contributed by atoms with Crippen molar-refractivity contribution in [1.29, 1.82) is 0 Å². The quantitative estimate of drug-likeness (QED) is 0.431. The molecule has 0 bridgehead atoms. The lowest BCUT2D eigenvalue weighted by molar-refractivity contribution is 1.34. The van der Waals surface area contributed by atoms with E-state index in [0.29, 0.717) is 0 Å². The summed E-state index contributed by atoms with van der Waals surface area (Å²) in [5.74, 6) is 0. The van der Waals surface area contributed by atoms with Crippen molar-refractivity contribution < 1.29 is 0 Å². The topological polar surface area (TPSA) is 57.4 Å². The molecular formula is C20H18N4. The molecule has 0 atom stereocenters. The molecule has 0 radical (unpaired) electrons. The van der Waals surface area contributed by atoms with Gasteiger partial charge in [0.05, 0.1) is 34.7 Å². The highest BCUT2D eigenvalue weighted by atomic mass is 14.9. The summed E-state index contributed by atoms with van der Waals surface area (Å²) in [5, 5.41) is 0. The fourth-order valence-electron chi connectivity index (χ4n) is 2.14. The lowest BCUT2D eigenvalue weighted by Crippen LogP contribution is -1.63. The number of hydrogen-bond acceptors (Lipinski definition) is 2. The standard InChI is InChI=1S/2C7H6N2.C6H6/c2*1-2-4-7-6(3-1)8-5-9-7;1-2-4-6-5-3-1/h2*1-5H,(H,8,9);1-6H. The van der Waals surface area contributed by atoms with Crippen LogP contribution in [0.25, 0.3) is 22.1 Å². The molecular weight excluding hydrogens is 296 g/mol. The maximum Gasteiger partial charge on any atom is 0.0931 e. The molecule has 24 heavy (non-hydrogen) atoms. The Labute approximate surface area is 140 Å². The first-order valence-electron chi connectivity index (χ1n) is 7.70. The van der Waals surface area contributed by atoms with E-state index in [4.69, 9.17) is 0 Å². The van der Waals surface area contributed by atoms with Crippen molar-refractivity contribution in [1.82, 2.24) is 19.9 Å². The molecule has 0 aliphatic heterocycles. The Morgan fingerprint density at radius 1 is 0.458 bits per heavy atom. The van der Waals surface area contributed by atoms with Crippen LogP contribution in [0, 0.1) is 0 Å². The lowest BCUT2D eigenvalue weighted by atomic mass is 10.3. The Morgan fingerprint density at radius 2 is 0.833 bits per heavy atom. The van der Waals surface area contributed by atoms with Gasteiger partial charge in [0.25, 0.3) is 0 Å². The van der Waals surface area contributed by atoms with Gasteiger partial charge in [-0.2, -0.15) is 0 Å². The van der Waals surface area contributed by atoms with Crippen LogP contribution in [0.5, 0.6) is 0 Å². The summed E-state index contributed by atoms with van der Waals surface area (Å²) in [6.07, 6.45) is 3.40. The predicted octanol–water partition coefficient (Wildman–Crippen LogP) is 4.81. The molecule has 0 aliphatic rings. The van der Waals surface area contributed by atoms with E-state index in [0.717, 1.165) is 22.1 Å². The van der Waals surface area contributed by atoms with E-state index in [1.54, 1.807) is 12.7 Å². The normalized spacial score (nSPS) is 9.67. The largest absolute Gasteiger partial charge is 0.345 e. The van der Waals surface area contributed by atoms with E-state index in [2.05, 4.69) is 19.9 Å². The highest BCUT2D eigenvalue weighted by Gasteiger charge is 1.89. The Kier molecular flexibility index (Phi) is 5.35. The number of nitrogens with zero attached hydrogens (tertiary/aromatic N) is 2. The number of benzene rings is 3. The van der Waals surface area contributed by atoms with Crippen molar-refractivity contribution in [2.24, 2.45) is 0 Å². The van der Waals surface area contributed by atoms with Crippen LogP contribution >= 0.6 is 0 Å². The predicted molar refractivity (Wildman–Crippen MR) is 98.6 cm³/mol. The van der Waals surface area contributed by atoms with Crippen molar-refractivity contribution in [3.8, 4) is 0 Å². The molecule has 0 spiro atoms. The minimum absolute atomic E-state index is 1.03. The summed E-state index contributed by atoms with van der Waals surface area (Å²) in [5.41, 5.74) is 4.24. The van der Waals surface area contributed by atoms with Crippen LogP contribution in [0.2, 0.25) is 0 Å². The number of rotatable bonds is 0. The SMILES string of the molecule is c1ccc2[nH]cnc2c1.c1ccc2[nH]cnc2c1.c1ccccc1. The molecule has 4 nitrogen and oxygen atoms in total. The molecule has 5 aromatic rings. The van der Waals surface area contributed by atoms with E-state index in [1.807, 2.05) is 84.9 Å². The summed E-state index contributed by atoms with van der Waals surface area (Å²) < 4.78 is 0. The van der Waals surface area contributed by atoms with Crippen LogP contribution in [0.1, 0.15) is 0 Å². The Balaban J connectivity index is 0.000000108. The second-order valence-electron chi connectivity index (χ2n) is 4.99. The molecule has 0 unspecified atom stereocenters. The van der Waals surface area contributed by atoms with E-state index in [-0.39, 0.29) is 0 Å². The van der Waals surface area contributed by atoms with Gasteiger partial charge in [0.1, 0.15) is 0 Å². The third-order valence-electron chi connectivity index (χ3n) is 3.32. The van der Waals surface area contributed by atoms with Crippen LogP contribution in [-0.2, 0) is 0 Å². The number of imidazole rings is 2. The summed E-state index contributed by atoms with van der Waals surface area (Å²) in [7, 11) is 0. The van der Waals surface area contributed by atoms with Gasteiger partial charge in [-0.05, 0) is 24.3 Å². The first-order valence-corrected chi connectivity index (χ1v) is 7.70. The maximum absolute atomic E-state index is 4.06. The Hall–Kier alpha value is -3.40. The zero-order valence-corrected chi connectivity index (χ0v) is 13.1. The van der Waals surface area contributed by atoms with Gasteiger partial charge in [0.2, 0.25) is 0 Å². The third kappa shape index (κ3) is 4.30. The van der Waals surface area contributed by atoms with Crippen LogP contribution in [-0.4, -0.2) is 19.9 Å². The van der Waals surface area contributed by atoms with Gasteiger partial charge in [-0.3, -0.25) is 0 Å². The van der Waals surface area contributed by atoms with Gasteiger partial charge in [-0.15, -0.1) is 0 Å². The van der Waals surface area contributed by atoms with Gasteiger partial charge in [0, 0.05) is 0 Å². The number of aromatic amines is 2. The number of H-pyrrole nitrogens is 2. The van der Waals surface area contributed by atoms with Crippen molar-refractivity contribution in [2.45, 2.75) is 0 Å². The monoisotopic (exact) mass is 314 g/mol. The smallest absolute Gasteiger partial charge is 0.0931 e. The van der Waals surface area contributed by atoms with Gasteiger partial charge < -0.3 is 9.97 Å². The number of para-hydroxylation sites is 4. The van der Waals surface area contributed by atoms with Gasteiger partial charge >= 0.3 is 0 Å². The molecule has 0 amide bonds. The first-order chi connectivity index (χ1) is 11.9. The Morgan fingerprint density at radius 3 is 1.21 bits per heavy atom. The molecule has 118 valence electrons. The molecule has 0 aliphatic carbocycles. The maximum atomic E-state index is 4.06. The Bertz CT molecular complexity index is 817. The summed E-state index contributed by atoms with van der Waals surface area (Å²) in [6, 6.07) is 27.9. The molecule has 3 aromatic carbocycles. The number of aromatic nitrogens is 4. The number of nitrogens with one attached hydrogen (secondary N) is 2. The fourth-order valence-corrected chi connectivity index (χ4v) is 2.14. The molecule has 0 saturated heterocycles. The lowest BCUT2D eigenvalue weighted by Gasteiger charge is -1.81. The van der Waals surface area contributed by atoms with E-state index < -0.39 is 0 Å². The number of fused-ring (bicyclic) bond motifs is 2. The van der Waals surface area contributed by atoms with Gasteiger partial charge in [-0.1, -0.05) is 60.7 Å². The molecule has 2 heterocycles. The second-order valence-corrected chi connectivity index (χ2v) is 4.99. The molecule has 2 N–H and O–H groups in total. The van der Waals surface area contributed by atoms with E-state index in [9.17, 15) is 0 Å². The van der Waals surface area contributed by atoms with Crippen LogP contribution in [0.3, 0.4) is 0 Å². The molecule has 2 aromatic heterocycles. The first kappa shape index (κ1) is 15.5. The van der Waals surface area contributed by atoms with E-state index >= 15 is 0 Å². The zero-order valence-electron chi connectivity index (χ0n) is 13.1.